The normalized spacial score (nSPS) is 14.2. The zero-order chi connectivity index (χ0) is 17.5. The van der Waals surface area contributed by atoms with Gasteiger partial charge in [-0.2, -0.15) is 4.98 Å². The van der Waals surface area contributed by atoms with Crippen molar-refractivity contribution in [1.82, 2.24) is 15.5 Å². The lowest BCUT2D eigenvalue weighted by Crippen LogP contribution is -2.25. The zero-order valence-electron chi connectivity index (χ0n) is 14.8. The second-order valence-corrected chi connectivity index (χ2v) is 6.59. The highest BCUT2D eigenvalue weighted by atomic mass is 16.5. The van der Waals surface area contributed by atoms with E-state index in [1.807, 2.05) is 31.2 Å². The molecule has 0 atom stereocenters. The van der Waals surface area contributed by atoms with E-state index in [-0.39, 0.29) is 5.91 Å². The predicted octanol–water partition coefficient (Wildman–Crippen LogP) is 3.98. The summed E-state index contributed by atoms with van der Waals surface area (Å²) >= 11 is 0. The van der Waals surface area contributed by atoms with Crippen LogP contribution in [0.1, 0.15) is 50.0 Å². The molecule has 2 aromatic rings. The standard InChI is InChI=1S/C20H25N3O2/c1-15-7-9-17(10-8-15)20-22-19(25-23-20)12-11-18(24)21-14-13-16-5-3-2-4-6-16/h5,7-10H,2-4,6,11-14H2,1H3,(H,21,24). The molecule has 132 valence electrons. The number of carbonyl (C=O) groups is 1. The first-order valence-corrected chi connectivity index (χ1v) is 9.05. The van der Waals surface area contributed by atoms with Crippen LogP contribution in [-0.4, -0.2) is 22.6 Å². The van der Waals surface area contributed by atoms with Gasteiger partial charge in [-0.05, 0) is 39.0 Å². The number of hydrogen-bond acceptors (Lipinski definition) is 4. The molecule has 0 saturated carbocycles. The number of aryl methyl sites for hydroxylation is 2. The van der Waals surface area contributed by atoms with Gasteiger partial charge in [-0.25, -0.2) is 0 Å². The Balaban J connectivity index is 1.41. The number of nitrogens with one attached hydrogen (secondary N) is 1. The first-order chi connectivity index (χ1) is 12.2. The Labute approximate surface area is 148 Å². The largest absolute Gasteiger partial charge is 0.356 e. The molecule has 1 amide bonds. The molecular formula is C20H25N3O2. The Morgan fingerprint density at radius 1 is 1.20 bits per heavy atom. The number of allylic oxidation sites excluding steroid dienone is 1. The molecule has 1 aromatic heterocycles. The first-order valence-electron chi connectivity index (χ1n) is 9.05. The molecule has 5 nitrogen and oxygen atoms in total. The monoisotopic (exact) mass is 339 g/mol. The summed E-state index contributed by atoms with van der Waals surface area (Å²) in [7, 11) is 0. The number of hydrogen-bond donors (Lipinski definition) is 1. The van der Waals surface area contributed by atoms with Gasteiger partial charge in [-0.15, -0.1) is 0 Å². The maximum atomic E-state index is 12.0. The summed E-state index contributed by atoms with van der Waals surface area (Å²) in [5.74, 6) is 1.10. The predicted molar refractivity (Wildman–Crippen MR) is 97.0 cm³/mol. The SMILES string of the molecule is Cc1ccc(-c2noc(CCC(=O)NCCC3=CCCCC3)n2)cc1. The van der Waals surface area contributed by atoms with Crippen LogP contribution in [0.4, 0.5) is 0 Å². The van der Waals surface area contributed by atoms with E-state index in [1.54, 1.807) is 0 Å². The van der Waals surface area contributed by atoms with Crippen molar-refractivity contribution >= 4 is 5.91 Å². The third kappa shape index (κ3) is 5.28. The molecule has 1 heterocycles. The molecule has 0 bridgehead atoms. The minimum Gasteiger partial charge on any atom is -0.356 e. The van der Waals surface area contributed by atoms with Crippen molar-refractivity contribution in [2.24, 2.45) is 0 Å². The highest BCUT2D eigenvalue weighted by molar-refractivity contribution is 5.76. The van der Waals surface area contributed by atoms with Crippen LogP contribution < -0.4 is 5.32 Å². The van der Waals surface area contributed by atoms with E-state index in [9.17, 15) is 4.79 Å². The molecule has 25 heavy (non-hydrogen) atoms. The number of carbonyl (C=O) groups excluding carboxylic acids is 1. The van der Waals surface area contributed by atoms with E-state index in [0.29, 0.717) is 31.1 Å². The minimum atomic E-state index is 0.0338. The van der Waals surface area contributed by atoms with Crippen LogP contribution in [0.2, 0.25) is 0 Å². The number of benzene rings is 1. The average Bonchev–Trinajstić information content (AvgIpc) is 3.10. The first kappa shape index (κ1) is 17.4. The summed E-state index contributed by atoms with van der Waals surface area (Å²) in [5, 5.41) is 6.97. The van der Waals surface area contributed by atoms with E-state index < -0.39 is 0 Å². The van der Waals surface area contributed by atoms with Crippen LogP contribution >= 0.6 is 0 Å². The average molecular weight is 339 g/mol. The van der Waals surface area contributed by atoms with Crippen molar-refractivity contribution in [3.63, 3.8) is 0 Å². The van der Waals surface area contributed by atoms with Gasteiger partial charge in [0.1, 0.15) is 0 Å². The van der Waals surface area contributed by atoms with Gasteiger partial charge >= 0.3 is 0 Å². The van der Waals surface area contributed by atoms with Crippen LogP contribution in [0.15, 0.2) is 40.4 Å². The summed E-state index contributed by atoms with van der Waals surface area (Å²) in [5.41, 5.74) is 3.59. The molecule has 0 aliphatic heterocycles. The smallest absolute Gasteiger partial charge is 0.227 e. The Hall–Kier alpha value is -2.43. The number of rotatable bonds is 7. The molecule has 1 aliphatic carbocycles. The Kier molecular flexibility index (Phi) is 5.99. The van der Waals surface area contributed by atoms with Crippen molar-refractivity contribution in [3.8, 4) is 11.4 Å². The van der Waals surface area contributed by atoms with Gasteiger partial charge < -0.3 is 9.84 Å². The quantitative estimate of drug-likeness (QED) is 0.775. The van der Waals surface area contributed by atoms with Crippen LogP contribution in [0.3, 0.4) is 0 Å². The fourth-order valence-corrected chi connectivity index (χ4v) is 2.98. The van der Waals surface area contributed by atoms with Crippen LogP contribution in [-0.2, 0) is 11.2 Å². The second kappa shape index (κ2) is 8.60. The second-order valence-electron chi connectivity index (χ2n) is 6.59. The number of amides is 1. The molecule has 1 aromatic carbocycles. The molecule has 0 saturated heterocycles. The summed E-state index contributed by atoms with van der Waals surface area (Å²) in [4.78, 5) is 16.3. The fourth-order valence-electron chi connectivity index (χ4n) is 2.98. The minimum absolute atomic E-state index is 0.0338. The van der Waals surface area contributed by atoms with Crippen LogP contribution in [0, 0.1) is 6.92 Å². The summed E-state index contributed by atoms with van der Waals surface area (Å²) in [6.45, 7) is 2.75. The van der Waals surface area contributed by atoms with Crippen molar-refractivity contribution in [2.75, 3.05) is 6.54 Å². The van der Waals surface area contributed by atoms with E-state index in [1.165, 1.54) is 36.8 Å². The highest BCUT2D eigenvalue weighted by Crippen LogP contribution is 2.19. The van der Waals surface area contributed by atoms with Crippen molar-refractivity contribution in [1.29, 1.82) is 0 Å². The molecule has 0 spiro atoms. The van der Waals surface area contributed by atoms with Gasteiger partial charge in [0.05, 0.1) is 0 Å². The van der Waals surface area contributed by atoms with E-state index in [2.05, 4.69) is 21.5 Å². The molecule has 5 heteroatoms. The molecule has 1 aliphatic rings. The highest BCUT2D eigenvalue weighted by Gasteiger charge is 2.11. The van der Waals surface area contributed by atoms with Gasteiger partial charge in [-0.3, -0.25) is 4.79 Å². The lowest BCUT2D eigenvalue weighted by Gasteiger charge is -2.12. The Morgan fingerprint density at radius 2 is 2.04 bits per heavy atom. The topological polar surface area (TPSA) is 68.0 Å². The summed E-state index contributed by atoms with van der Waals surface area (Å²) < 4.78 is 5.25. The number of nitrogens with zero attached hydrogens (tertiary/aromatic N) is 2. The van der Waals surface area contributed by atoms with Gasteiger partial charge in [0.2, 0.25) is 17.6 Å². The van der Waals surface area contributed by atoms with Gasteiger partial charge in [0.25, 0.3) is 0 Å². The van der Waals surface area contributed by atoms with Crippen molar-refractivity contribution < 1.29 is 9.32 Å². The molecule has 1 N–H and O–H groups in total. The number of aromatic nitrogens is 2. The summed E-state index contributed by atoms with van der Waals surface area (Å²) in [6.07, 6.45) is 9.06. The third-order valence-electron chi connectivity index (χ3n) is 4.50. The van der Waals surface area contributed by atoms with Crippen LogP contribution in [0.25, 0.3) is 11.4 Å². The fraction of sp³-hybridized carbons (Fsp3) is 0.450. The van der Waals surface area contributed by atoms with Gasteiger partial charge in [-0.1, -0.05) is 46.6 Å². The zero-order valence-corrected chi connectivity index (χ0v) is 14.8. The van der Waals surface area contributed by atoms with Crippen molar-refractivity contribution in [2.45, 2.75) is 51.9 Å². The van der Waals surface area contributed by atoms with Gasteiger partial charge in [0, 0.05) is 24.9 Å². The molecule has 0 fully saturated rings. The lowest BCUT2D eigenvalue weighted by atomic mass is 9.97. The van der Waals surface area contributed by atoms with Crippen LogP contribution in [0.5, 0.6) is 0 Å². The maximum Gasteiger partial charge on any atom is 0.227 e. The lowest BCUT2D eigenvalue weighted by molar-refractivity contribution is -0.121. The van der Waals surface area contributed by atoms with Crippen molar-refractivity contribution in [3.05, 3.63) is 47.4 Å². The molecule has 0 radical (unpaired) electrons. The van der Waals surface area contributed by atoms with Gasteiger partial charge in [0.15, 0.2) is 0 Å². The molecular weight excluding hydrogens is 314 g/mol. The van der Waals surface area contributed by atoms with E-state index >= 15 is 0 Å². The third-order valence-corrected chi connectivity index (χ3v) is 4.50. The Bertz CT molecular complexity index is 732. The Morgan fingerprint density at radius 3 is 2.80 bits per heavy atom. The maximum absolute atomic E-state index is 12.0. The summed E-state index contributed by atoms with van der Waals surface area (Å²) in [6, 6.07) is 7.97. The molecule has 3 rings (SSSR count). The van der Waals surface area contributed by atoms with E-state index in [0.717, 1.165) is 12.0 Å². The van der Waals surface area contributed by atoms with E-state index in [4.69, 9.17) is 4.52 Å². The molecule has 0 unspecified atom stereocenters.